The zero-order chi connectivity index (χ0) is 14.5. The summed E-state index contributed by atoms with van der Waals surface area (Å²) in [5.74, 6) is -0.0180. The van der Waals surface area contributed by atoms with Crippen molar-refractivity contribution in [1.82, 2.24) is 15.1 Å². The van der Waals surface area contributed by atoms with E-state index in [2.05, 4.69) is 38.5 Å². The first-order chi connectivity index (χ1) is 9.52. The average Bonchev–Trinajstić information content (AvgIpc) is 2.74. The van der Waals surface area contributed by atoms with Crippen LogP contribution in [0.2, 0.25) is 0 Å². The first-order valence-corrected chi connectivity index (χ1v) is 7.35. The van der Waals surface area contributed by atoms with Gasteiger partial charge in [0.15, 0.2) is 0 Å². The van der Waals surface area contributed by atoms with Crippen molar-refractivity contribution in [3.8, 4) is 0 Å². The van der Waals surface area contributed by atoms with E-state index in [4.69, 9.17) is 0 Å². The molecule has 1 atom stereocenters. The molecule has 1 amide bonds. The van der Waals surface area contributed by atoms with Crippen molar-refractivity contribution >= 4 is 21.8 Å². The van der Waals surface area contributed by atoms with Crippen LogP contribution in [-0.2, 0) is 17.8 Å². The zero-order valence-electron chi connectivity index (χ0n) is 11.6. The molecule has 0 fully saturated rings. The quantitative estimate of drug-likeness (QED) is 0.913. The van der Waals surface area contributed by atoms with Gasteiger partial charge in [-0.2, -0.15) is 5.10 Å². The summed E-state index contributed by atoms with van der Waals surface area (Å²) < 4.78 is 2.71. The smallest absolute Gasteiger partial charge is 0.241 e. The molecule has 0 bridgehead atoms. The zero-order valence-corrected chi connectivity index (χ0v) is 13.2. The largest absolute Gasteiger partial charge is 0.352 e. The van der Waals surface area contributed by atoms with Gasteiger partial charge in [-0.3, -0.25) is 9.48 Å². The summed E-state index contributed by atoms with van der Waals surface area (Å²) in [4.78, 5) is 11.9. The van der Waals surface area contributed by atoms with Crippen LogP contribution in [0.15, 0.2) is 41.1 Å². The van der Waals surface area contributed by atoms with Gasteiger partial charge in [0.25, 0.3) is 0 Å². The second-order valence-electron chi connectivity index (χ2n) is 5.02. The van der Waals surface area contributed by atoms with E-state index >= 15 is 0 Å². The molecule has 0 aliphatic rings. The Balaban J connectivity index is 1.84. The lowest BCUT2D eigenvalue weighted by molar-refractivity contribution is -0.122. The van der Waals surface area contributed by atoms with E-state index in [0.717, 1.165) is 16.5 Å². The Kier molecular flexibility index (Phi) is 4.95. The lowest BCUT2D eigenvalue weighted by Gasteiger charge is -2.14. The van der Waals surface area contributed by atoms with Gasteiger partial charge in [0.05, 0.1) is 6.20 Å². The third-order valence-electron chi connectivity index (χ3n) is 2.91. The molecular weight excluding hydrogens is 318 g/mol. The van der Waals surface area contributed by atoms with E-state index in [-0.39, 0.29) is 18.5 Å². The highest BCUT2D eigenvalue weighted by Gasteiger charge is 2.09. The number of aromatic nitrogens is 2. The van der Waals surface area contributed by atoms with Crippen molar-refractivity contribution in [2.45, 2.75) is 32.9 Å². The first-order valence-electron chi connectivity index (χ1n) is 6.56. The number of hydrogen-bond acceptors (Lipinski definition) is 2. The lowest BCUT2D eigenvalue weighted by Crippen LogP contribution is -2.36. The summed E-state index contributed by atoms with van der Waals surface area (Å²) in [6, 6.07) is 8.21. The fourth-order valence-electron chi connectivity index (χ4n) is 2.09. The van der Waals surface area contributed by atoms with E-state index in [0.29, 0.717) is 0 Å². The van der Waals surface area contributed by atoms with Crippen molar-refractivity contribution in [3.63, 3.8) is 0 Å². The van der Waals surface area contributed by atoms with Crippen molar-refractivity contribution in [2.75, 3.05) is 0 Å². The maximum absolute atomic E-state index is 11.9. The second kappa shape index (κ2) is 6.70. The number of nitrogens with one attached hydrogen (secondary N) is 1. The van der Waals surface area contributed by atoms with Crippen LogP contribution in [0.1, 0.15) is 18.1 Å². The number of carbonyl (C=O) groups excluding carboxylic acids is 1. The number of carbonyl (C=O) groups is 1. The van der Waals surface area contributed by atoms with E-state index in [1.807, 2.05) is 32.2 Å². The predicted octanol–water partition coefficient (Wildman–Crippen LogP) is 2.70. The van der Waals surface area contributed by atoms with Gasteiger partial charge in [-0.05, 0) is 43.5 Å². The number of hydrogen-bond donors (Lipinski definition) is 1. The van der Waals surface area contributed by atoms with Gasteiger partial charge >= 0.3 is 0 Å². The van der Waals surface area contributed by atoms with E-state index < -0.39 is 0 Å². The van der Waals surface area contributed by atoms with E-state index in [1.54, 1.807) is 10.9 Å². The molecule has 0 unspecified atom stereocenters. The molecule has 1 aromatic heterocycles. The first kappa shape index (κ1) is 14.8. The Morgan fingerprint density at radius 1 is 1.50 bits per heavy atom. The van der Waals surface area contributed by atoms with Crippen LogP contribution < -0.4 is 5.32 Å². The molecule has 1 heterocycles. The van der Waals surface area contributed by atoms with Crippen molar-refractivity contribution < 1.29 is 4.79 Å². The number of rotatable bonds is 5. The highest BCUT2D eigenvalue weighted by Crippen LogP contribution is 2.13. The second-order valence-corrected chi connectivity index (χ2v) is 5.93. The molecule has 1 N–H and O–H groups in total. The fraction of sp³-hybridized carbons (Fsp3) is 0.333. The Hall–Kier alpha value is -1.62. The van der Waals surface area contributed by atoms with Gasteiger partial charge in [-0.25, -0.2) is 0 Å². The monoisotopic (exact) mass is 335 g/mol. The minimum atomic E-state index is -0.0180. The molecule has 20 heavy (non-hydrogen) atoms. The number of halogens is 1. The molecule has 0 aliphatic carbocycles. The van der Waals surface area contributed by atoms with Crippen LogP contribution in [0, 0.1) is 6.92 Å². The van der Waals surface area contributed by atoms with Gasteiger partial charge in [-0.1, -0.05) is 28.1 Å². The van der Waals surface area contributed by atoms with E-state index in [9.17, 15) is 4.79 Å². The van der Waals surface area contributed by atoms with Gasteiger partial charge in [-0.15, -0.1) is 0 Å². The minimum absolute atomic E-state index is 0.0180. The summed E-state index contributed by atoms with van der Waals surface area (Å²) >= 11 is 3.45. The predicted molar refractivity (Wildman–Crippen MR) is 82.4 cm³/mol. The third kappa shape index (κ3) is 4.49. The summed E-state index contributed by atoms with van der Waals surface area (Å²) in [6.07, 6.45) is 4.42. The molecule has 0 saturated heterocycles. The highest BCUT2D eigenvalue weighted by molar-refractivity contribution is 9.10. The molecule has 0 aliphatic heterocycles. The molecule has 1 aromatic carbocycles. The van der Waals surface area contributed by atoms with Gasteiger partial charge < -0.3 is 5.32 Å². The Morgan fingerprint density at radius 2 is 2.30 bits per heavy atom. The maximum atomic E-state index is 11.9. The Morgan fingerprint density at radius 3 is 2.95 bits per heavy atom. The van der Waals surface area contributed by atoms with Crippen LogP contribution in [0.3, 0.4) is 0 Å². The molecule has 0 spiro atoms. The van der Waals surface area contributed by atoms with Gasteiger partial charge in [0.1, 0.15) is 6.54 Å². The molecule has 106 valence electrons. The number of amides is 1. The van der Waals surface area contributed by atoms with Crippen molar-refractivity contribution in [1.29, 1.82) is 0 Å². The molecule has 0 saturated carbocycles. The van der Waals surface area contributed by atoms with Crippen LogP contribution >= 0.6 is 15.9 Å². The molecule has 2 aromatic rings. The van der Waals surface area contributed by atoms with Crippen LogP contribution in [-0.4, -0.2) is 21.7 Å². The SMILES string of the molecule is Cc1cnn(CC(=O)N[C@@H](C)Cc2cccc(Br)c2)c1. The van der Waals surface area contributed by atoms with Gasteiger partial charge in [0, 0.05) is 16.7 Å². The van der Waals surface area contributed by atoms with Gasteiger partial charge in [0.2, 0.25) is 5.91 Å². The van der Waals surface area contributed by atoms with Crippen molar-refractivity contribution in [2.24, 2.45) is 0 Å². The molecule has 0 radical (unpaired) electrons. The maximum Gasteiger partial charge on any atom is 0.241 e. The lowest BCUT2D eigenvalue weighted by atomic mass is 10.1. The van der Waals surface area contributed by atoms with Crippen molar-refractivity contribution in [3.05, 3.63) is 52.3 Å². The summed E-state index contributed by atoms with van der Waals surface area (Å²) in [5.41, 5.74) is 2.25. The van der Waals surface area contributed by atoms with Crippen LogP contribution in [0.25, 0.3) is 0 Å². The average molecular weight is 336 g/mol. The number of aryl methyl sites for hydroxylation is 1. The third-order valence-corrected chi connectivity index (χ3v) is 3.40. The fourth-order valence-corrected chi connectivity index (χ4v) is 2.54. The van der Waals surface area contributed by atoms with Crippen LogP contribution in [0.5, 0.6) is 0 Å². The minimum Gasteiger partial charge on any atom is -0.352 e. The molecule has 2 rings (SSSR count). The molecular formula is C15H18BrN3O. The van der Waals surface area contributed by atoms with Crippen LogP contribution in [0.4, 0.5) is 0 Å². The summed E-state index contributed by atoms with van der Waals surface area (Å²) in [7, 11) is 0. The number of nitrogens with zero attached hydrogens (tertiary/aromatic N) is 2. The number of benzene rings is 1. The Labute approximate surface area is 127 Å². The summed E-state index contributed by atoms with van der Waals surface area (Å²) in [6.45, 7) is 4.22. The topological polar surface area (TPSA) is 46.9 Å². The van der Waals surface area contributed by atoms with E-state index in [1.165, 1.54) is 5.56 Å². The summed E-state index contributed by atoms with van der Waals surface area (Å²) in [5, 5.41) is 7.10. The molecule has 4 nitrogen and oxygen atoms in total. The normalized spacial score (nSPS) is 12.2. The standard InChI is InChI=1S/C15H18BrN3O/c1-11-8-17-19(9-11)10-15(20)18-12(2)6-13-4-3-5-14(16)7-13/h3-5,7-9,12H,6,10H2,1-2H3,(H,18,20)/t12-/m0/s1. The molecule has 5 heteroatoms. The Bertz CT molecular complexity index is 594. The highest BCUT2D eigenvalue weighted by atomic mass is 79.9.